The van der Waals surface area contributed by atoms with E-state index in [4.69, 9.17) is 4.74 Å². The molecule has 0 radical (unpaired) electrons. The molecule has 0 aromatic rings. The topological polar surface area (TPSA) is 29.5 Å². The molecule has 3 aliphatic rings. The van der Waals surface area contributed by atoms with Crippen LogP contribution in [0.4, 0.5) is 0 Å². The predicted molar refractivity (Wildman–Crippen MR) is 90.6 cm³/mol. The molecule has 2 fully saturated rings. The molecule has 1 aliphatic carbocycles. The molecule has 3 rings (SSSR count). The van der Waals surface area contributed by atoms with Crippen molar-refractivity contribution in [1.29, 1.82) is 0 Å². The zero-order valence-electron chi connectivity index (χ0n) is 14.8. The summed E-state index contributed by atoms with van der Waals surface area (Å²) in [5.41, 5.74) is 2.66. The van der Waals surface area contributed by atoms with Crippen molar-refractivity contribution in [2.75, 3.05) is 0 Å². The second-order valence-electron chi connectivity index (χ2n) is 8.39. The van der Waals surface area contributed by atoms with Gasteiger partial charge < -0.3 is 9.84 Å². The number of hydrogen-bond acceptors (Lipinski definition) is 2. The van der Waals surface area contributed by atoms with Crippen LogP contribution in [0.2, 0.25) is 0 Å². The summed E-state index contributed by atoms with van der Waals surface area (Å²) in [4.78, 5) is 0. The monoisotopic (exact) mass is 304 g/mol. The van der Waals surface area contributed by atoms with Crippen LogP contribution < -0.4 is 0 Å². The molecule has 0 saturated carbocycles. The van der Waals surface area contributed by atoms with Gasteiger partial charge in [-0.2, -0.15) is 0 Å². The van der Waals surface area contributed by atoms with Gasteiger partial charge in [-0.1, -0.05) is 30.2 Å². The number of allylic oxidation sites excluding steroid dienone is 2. The molecule has 0 aromatic heterocycles. The molecular weight excluding hydrogens is 272 g/mol. The molecule has 2 heteroatoms. The minimum atomic E-state index is -0.306. The van der Waals surface area contributed by atoms with Crippen LogP contribution in [0, 0.1) is 23.7 Å². The fourth-order valence-corrected chi connectivity index (χ4v) is 5.30. The van der Waals surface area contributed by atoms with Crippen molar-refractivity contribution < 1.29 is 9.84 Å². The van der Waals surface area contributed by atoms with Crippen molar-refractivity contribution in [3.8, 4) is 0 Å². The lowest BCUT2D eigenvalue weighted by Crippen LogP contribution is -2.42. The molecule has 2 nitrogen and oxygen atoms in total. The van der Waals surface area contributed by atoms with Crippen LogP contribution in [0.1, 0.15) is 60.3 Å². The number of aliphatic hydroxyl groups is 1. The molecule has 2 saturated heterocycles. The van der Waals surface area contributed by atoms with Crippen LogP contribution in [0.25, 0.3) is 0 Å². The molecule has 2 bridgehead atoms. The maximum atomic E-state index is 10.4. The van der Waals surface area contributed by atoms with Gasteiger partial charge >= 0.3 is 0 Å². The summed E-state index contributed by atoms with van der Waals surface area (Å²) in [7, 11) is 0. The molecular formula is C20H32O2. The molecule has 7 unspecified atom stereocenters. The highest BCUT2D eigenvalue weighted by molar-refractivity contribution is 5.27. The van der Waals surface area contributed by atoms with Crippen LogP contribution in [-0.4, -0.2) is 22.9 Å². The van der Waals surface area contributed by atoms with Crippen molar-refractivity contribution in [3.05, 3.63) is 23.3 Å². The van der Waals surface area contributed by atoms with E-state index in [-0.39, 0.29) is 17.6 Å². The minimum Gasteiger partial charge on any atom is -0.389 e. The Balaban J connectivity index is 1.74. The quantitative estimate of drug-likeness (QED) is 0.775. The summed E-state index contributed by atoms with van der Waals surface area (Å²) >= 11 is 0. The van der Waals surface area contributed by atoms with E-state index in [1.807, 2.05) is 0 Å². The van der Waals surface area contributed by atoms with Crippen molar-refractivity contribution in [1.82, 2.24) is 0 Å². The standard InChI is InChI=1S/C20H32O2/c1-12(2)7-6-8-13(3)15-9-10-20(5)18-16(21)11-14(4)17(18)19(15)22-20/h7,11,13,15-19,21H,6,8-10H2,1-5H3. The van der Waals surface area contributed by atoms with Gasteiger partial charge in [0, 0.05) is 11.8 Å². The first-order valence-electron chi connectivity index (χ1n) is 9.01. The third-order valence-electron chi connectivity index (χ3n) is 6.48. The number of fused-ring (bicyclic) bond motifs is 5. The summed E-state index contributed by atoms with van der Waals surface area (Å²) in [6.07, 6.45) is 9.22. The average Bonchev–Trinajstić information content (AvgIpc) is 2.85. The highest BCUT2D eigenvalue weighted by Crippen LogP contribution is 2.58. The highest BCUT2D eigenvalue weighted by Gasteiger charge is 2.61. The molecule has 124 valence electrons. The van der Waals surface area contributed by atoms with Crippen LogP contribution in [0.5, 0.6) is 0 Å². The second-order valence-corrected chi connectivity index (χ2v) is 8.39. The Morgan fingerprint density at radius 1 is 1.50 bits per heavy atom. The van der Waals surface area contributed by atoms with Gasteiger partial charge in [0.05, 0.1) is 17.8 Å². The second kappa shape index (κ2) is 5.79. The third-order valence-corrected chi connectivity index (χ3v) is 6.48. The van der Waals surface area contributed by atoms with E-state index in [1.165, 1.54) is 30.4 Å². The Morgan fingerprint density at radius 3 is 2.91 bits per heavy atom. The first kappa shape index (κ1) is 16.3. The average molecular weight is 304 g/mol. The fraction of sp³-hybridized carbons (Fsp3) is 0.800. The van der Waals surface area contributed by atoms with Gasteiger partial charge in [0.25, 0.3) is 0 Å². The smallest absolute Gasteiger partial charge is 0.0785 e. The Hall–Kier alpha value is -0.600. The minimum absolute atomic E-state index is 0.112. The van der Waals surface area contributed by atoms with Crippen LogP contribution in [0.3, 0.4) is 0 Å². The Morgan fingerprint density at radius 2 is 2.23 bits per heavy atom. The van der Waals surface area contributed by atoms with Gasteiger partial charge in [0.15, 0.2) is 0 Å². The molecule has 0 spiro atoms. The van der Waals surface area contributed by atoms with Gasteiger partial charge in [-0.25, -0.2) is 0 Å². The van der Waals surface area contributed by atoms with E-state index in [0.717, 1.165) is 6.42 Å². The Kier molecular flexibility index (Phi) is 4.28. The third kappa shape index (κ3) is 2.59. The lowest BCUT2D eigenvalue weighted by atomic mass is 9.77. The number of rotatable bonds is 4. The molecule has 1 N–H and O–H groups in total. The van der Waals surface area contributed by atoms with Gasteiger partial charge in [-0.05, 0) is 65.2 Å². The Bertz CT molecular complexity index is 488. The summed E-state index contributed by atoms with van der Waals surface area (Å²) in [5, 5.41) is 10.4. The van der Waals surface area contributed by atoms with Crippen molar-refractivity contribution in [3.63, 3.8) is 0 Å². The Labute approximate surface area is 135 Å². The number of aliphatic hydroxyl groups excluding tert-OH is 1. The van der Waals surface area contributed by atoms with E-state index in [0.29, 0.717) is 23.9 Å². The van der Waals surface area contributed by atoms with E-state index in [9.17, 15) is 5.11 Å². The van der Waals surface area contributed by atoms with Crippen LogP contribution in [-0.2, 0) is 4.74 Å². The van der Waals surface area contributed by atoms with E-state index >= 15 is 0 Å². The molecule has 0 aromatic carbocycles. The van der Waals surface area contributed by atoms with E-state index < -0.39 is 0 Å². The summed E-state index contributed by atoms with van der Waals surface area (Å²) in [6, 6.07) is 0. The van der Waals surface area contributed by atoms with E-state index in [1.54, 1.807) is 0 Å². The number of ether oxygens (including phenoxy) is 1. The number of hydrogen-bond donors (Lipinski definition) is 1. The molecule has 2 heterocycles. The maximum absolute atomic E-state index is 10.4. The lowest BCUT2D eigenvalue weighted by molar-refractivity contribution is -0.125. The zero-order valence-corrected chi connectivity index (χ0v) is 14.8. The largest absolute Gasteiger partial charge is 0.389 e. The SMILES string of the molecule is CC(C)=CCCC(C)C1CCC2(C)OC1C1C(C)=CC(O)C12. The summed E-state index contributed by atoms with van der Waals surface area (Å²) < 4.78 is 6.54. The first-order valence-corrected chi connectivity index (χ1v) is 9.01. The van der Waals surface area contributed by atoms with Crippen LogP contribution in [0.15, 0.2) is 23.3 Å². The van der Waals surface area contributed by atoms with Gasteiger partial charge in [-0.15, -0.1) is 0 Å². The van der Waals surface area contributed by atoms with Gasteiger partial charge in [0.1, 0.15) is 0 Å². The van der Waals surface area contributed by atoms with Gasteiger partial charge in [0.2, 0.25) is 0 Å². The zero-order chi connectivity index (χ0) is 16.1. The van der Waals surface area contributed by atoms with E-state index in [2.05, 4.69) is 46.8 Å². The fourth-order valence-electron chi connectivity index (χ4n) is 5.30. The van der Waals surface area contributed by atoms with Crippen molar-refractivity contribution in [2.45, 2.75) is 78.1 Å². The summed E-state index contributed by atoms with van der Waals surface area (Å²) in [5.74, 6) is 2.06. The molecule has 0 amide bonds. The van der Waals surface area contributed by atoms with Crippen LogP contribution >= 0.6 is 0 Å². The predicted octanol–water partition coefficient (Wildman–Crippen LogP) is 4.49. The normalized spacial score (nSPS) is 44.5. The van der Waals surface area contributed by atoms with Gasteiger partial charge in [-0.3, -0.25) is 0 Å². The highest BCUT2D eigenvalue weighted by atomic mass is 16.5. The molecule has 22 heavy (non-hydrogen) atoms. The molecule has 7 atom stereocenters. The molecule has 2 aliphatic heterocycles. The van der Waals surface area contributed by atoms with Crippen molar-refractivity contribution >= 4 is 0 Å². The van der Waals surface area contributed by atoms with Crippen molar-refractivity contribution in [2.24, 2.45) is 23.7 Å². The first-order chi connectivity index (χ1) is 10.3. The lowest BCUT2D eigenvalue weighted by Gasteiger charge is -2.40. The maximum Gasteiger partial charge on any atom is 0.0785 e. The summed E-state index contributed by atoms with van der Waals surface area (Å²) in [6.45, 7) is 11.2.